The first kappa shape index (κ1) is 19.4. The SMILES string of the molecule is Cc1cc(Br)cc(C)c1OCC(=O)NN=Cc1cc(O)ccc1[N+](=O)[O-]. The van der Waals surface area contributed by atoms with Gasteiger partial charge in [-0.25, -0.2) is 5.43 Å². The number of phenolic OH excluding ortho intramolecular Hbond substituents is 1. The fourth-order valence-electron chi connectivity index (χ4n) is 2.28. The summed E-state index contributed by atoms with van der Waals surface area (Å²) in [5.41, 5.74) is 3.81. The Balaban J connectivity index is 1.99. The molecule has 0 bridgehead atoms. The van der Waals surface area contributed by atoms with E-state index in [9.17, 15) is 20.0 Å². The Bertz CT molecular complexity index is 860. The Hall–Kier alpha value is -2.94. The Kier molecular flexibility index (Phi) is 6.29. The minimum absolute atomic E-state index is 0.0656. The van der Waals surface area contributed by atoms with Crippen molar-refractivity contribution in [1.82, 2.24) is 5.43 Å². The van der Waals surface area contributed by atoms with Gasteiger partial charge in [0.25, 0.3) is 11.6 Å². The van der Waals surface area contributed by atoms with E-state index in [1.807, 2.05) is 26.0 Å². The first-order valence-electron chi connectivity index (χ1n) is 7.47. The molecule has 2 aromatic carbocycles. The largest absolute Gasteiger partial charge is 0.508 e. The van der Waals surface area contributed by atoms with E-state index in [0.29, 0.717) is 5.75 Å². The lowest BCUT2D eigenvalue weighted by Gasteiger charge is -2.11. The van der Waals surface area contributed by atoms with Gasteiger partial charge < -0.3 is 9.84 Å². The van der Waals surface area contributed by atoms with Crippen LogP contribution in [0.2, 0.25) is 0 Å². The number of carbonyl (C=O) groups is 1. The number of aryl methyl sites for hydroxylation is 2. The Labute approximate surface area is 157 Å². The first-order chi connectivity index (χ1) is 12.3. The molecule has 0 fully saturated rings. The van der Waals surface area contributed by atoms with E-state index in [1.165, 1.54) is 12.1 Å². The second kappa shape index (κ2) is 8.43. The van der Waals surface area contributed by atoms with Gasteiger partial charge in [0.1, 0.15) is 11.5 Å². The molecule has 136 valence electrons. The molecule has 0 spiro atoms. The molecule has 0 radical (unpaired) electrons. The molecule has 2 N–H and O–H groups in total. The van der Waals surface area contributed by atoms with Crippen molar-refractivity contribution in [1.29, 1.82) is 0 Å². The van der Waals surface area contributed by atoms with Crippen LogP contribution in [0.3, 0.4) is 0 Å². The summed E-state index contributed by atoms with van der Waals surface area (Å²) < 4.78 is 6.43. The number of aromatic hydroxyl groups is 1. The fraction of sp³-hybridized carbons (Fsp3) is 0.176. The normalized spacial score (nSPS) is 10.7. The molecule has 0 aliphatic heterocycles. The van der Waals surface area contributed by atoms with E-state index in [4.69, 9.17) is 4.74 Å². The number of carbonyl (C=O) groups excluding carboxylic acids is 1. The van der Waals surface area contributed by atoms with Crippen molar-refractivity contribution in [2.24, 2.45) is 5.10 Å². The molecule has 0 aliphatic carbocycles. The zero-order valence-corrected chi connectivity index (χ0v) is 15.6. The minimum Gasteiger partial charge on any atom is -0.508 e. The van der Waals surface area contributed by atoms with E-state index in [1.54, 1.807) is 0 Å². The van der Waals surface area contributed by atoms with Crippen LogP contribution in [0.15, 0.2) is 39.9 Å². The van der Waals surface area contributed by atoms with Gasteiger partial charge in [-0.3, -0.25) is 14.9 Å². The Morgan fingerprint density at radius 1 is 1.35 bits per heavy atom. The van der Waals surface area contributed by atoms with Crippen molar-refractivity contribution in [3.8, 4) is 11.5 Å². The summed E-state index contributed by atoms with van der Waals surface area (Å²) in [6, 6.07) is 7.28. The number of halogens is 1. The molecule has 0 unspecified atom stereocenters. The van der Waals surface area contributed by atoms with Crippen molar-refractivity contribution < 1.29 is 19.6 Å². The van der Waals surface area contributed by atoms with Gasteiger partial charge in [0.15, 0.2) is 6.61 Å². The number of ether oxygens (including phenoxy) is 1. The zero-order valence-electron chi connectivity index (χ0n) is 14.0. The third-order valence-corrected chi connectivity index (χ3v) is 3.83. The van der Waals surface area contributed by atoms with Crippen LogP contribution in [0.4, 0.5) is 5.69 Å². The lowest BCUT2D eigenvalue weighted by molar-refractivity contribution is -0.385. The van der Waals surface area contributed by atoms with Crippen molar-refractivity contribution in [2.75, 3.05) is 6.61 Å². The van der Waals surface area contributed by atoms with Gasteiger partial charge >= 0.3 is 0 Å². The number of nitrogens with one attached hydrogen (secondary N) is 1. The molecule has 0 heterocycles. The molecule has 0 aromatic heterocycles. The molecule has 26 heavy (non-hydrogen) atoms. The second-order valence-corrected chi connectivity index (χ2v) is 6.37. The highest BCUT2D eigenvalue weighted by atomic mass is 79.9. The maximum atomic E-state index is 11.8. The minimum atomic E-state index is -0.606. The molecular weight excluding hydrogens is 406 g/mol. The number of hydrogen-bond acceptors (Lipinski definition) is 6. The fourth-order valence-corrected chi connectivity index (χ4v) is 2.97. The number of nitro groups is 1. The molecule has 1 amide bonds. The number of hydrazone groups is 1. The number of rotatable bonds is 6. The quantitative estimate of drug-likeness (QED) is 0.422. The standard InChI is InChI=1S/C17H16BrN3O5/c1-10-5-13(18)6-11(2)17(10)26-9-16(23)20-19-8-12-7-14(22)3-4-15(12)21(24)25/h3-8,22H,9H2,1-2H3,(H,20,23). The number of hydrogen-bond donors (Lipinski definition) is 2. The summed E-state index contributed by atoms with van der Waals surface area (Å²) >= 11 is 3.38. The number of benzene rings is 2. The molecule has 0 saturated heterocycles. The summed E-state index contributed by atoms with van der Waals surface area (Å²) in [7, 11) is 0. The third kappa shape index (κ3) is 5.03. The molecule has 8 nitrogen and oxygen atoms in total. The highest BCUT2D eigenvalue weighted by Gasteiger charge is 2.13. The maximum absolute atomic E-state index is 11.8. The third-order valence-electron chi connectivity index (χ3n) is 3.37. The van der Waals surface area contributed by atoms with Gasteiger partial charge in [0, 0.05) is 10.5 Å². The molecule has 0 atom stereocenters. The van der Waals surface area contributed by atoms with E-state index in [-0.39, 0.29) is 23.6 Å². The highest BCUT2D eigenvalue weighted by molar-refractivity contribution is 9.10. The molecule has 2 rings (SSSR count). The van der Waals surface area contributed by atoms with Crippen molar-refractivity contribution in [3.05, 3.63) is 61.6 Å². The van der Waals surface area contributed by atoms with Crippen LogP contribution in [-0.2, 0) is 4.79 Å². The zero-order chi connectivity index (χ0) is 19.3. The van der Waals surface area contributed by atoms with E-state index in [2.05, 4.69) is 26.5 Å². The average Bonchev–Trinajstić information content (AvgIpc) is 2.53. The van der Waals surface area contributed by atoms with Crippen LogP contribution in [0.25, 0.3) is 0 Å². The summed E-state index contributed by atoms with van der Waals surface area (Å²) in [5, 5.41) is 24.0. The molecule has 0 saturated carbocycles. The van der Waals surface area contributed by atoms with Crippen molar-refractivity contribution >= 4 is 33.7 Å². The number of nitrogens with zero attached hydrogens (tertiary/aromatic N) is 2. The Morgan fingerprint density at radius 2 is 2.00 bits per heavy atom. The predicted molar refractivity (Wildman–Crippen MR) is 99.6 cm³/mol. The second-order valence-electron chi connectivity index (χ2n) is 5.45. The number of phenols is 1. The van der Waals surface area contributed by atoms with Gasteiger partial charge in [-0.05, 0) is 49.2 Å². The maximum Gasteiger partial charge on any atom is 0.278 e. The topological polar surface area (TPSA) is 114 Å². The summed E-state index contributed by atoms with van der Waals surface area (Å²) in [4.78, 5) is 22.2. The van der Waals surface area contributed by atoms with Crippen molar-refractivity contribution in [2.45, 2.75) is 13.8 Å². The molecule has 0 aliphatic rings. The van der Waals surface area contributed by atoms with Crippen LogP contribution in [-0.4, -0.2) is 28.8 Å². The monoisotopic (exact) mass is 421 g/mol. The van der Waals surface area contributed by atoms with Crippen LogP contribution in [0, 0.1) is 24.0 Å². The van der Waals surface area contributed by atoms with Gasteiger partial charge in [-0.15, -0.1) is 0 Å². The predicted octanol–water partition coefficient (Wildman–Crippen LogP) is 3.21. The smallest absolute Gasteiger partial charge is 0.278 e. The number of nitro benzene ring substituents is 1. The summed E-state index contributed by atoms with van der Waals surface area (Å²) in [6.07, 6.45) is 1.09. The van der Waals surface area contributed by atoms with Gasteiger partial charge in [0.05, 0.1) is 16.7 Å². The van der Waals surface area contributed by atoms with Crippen LogP contribution in [0.1, 0.15) is 16.7 Å². The molecular formula is C17H16BrN3O5. The highest BCUT2D eigenvalue weighted by Crippen LogP contribution is 2.27. The summed E-state index contributed by atoms with van der Waals surface area (Å²) in [6.45, 7) is 3.47. The number of amides is 1. The summed E-state index contributed by atoms with van der Waals surface area (Å²) in [5.74, 6) is -0.0605. The van der Waals surface area contributed by atoms with Gasteiger partial charge in [0.2, 0.25) is 0 Å². The van der Waals surface area contributed by atoms with Crippen molar-refractivity contribution in [3.63, 3.8) is 0 Å². The van der Waals surface area contributed by atoms with Crippen LogP contribution in [0.5, 0.6) is 11.5 Å². The van der Waals surface area contributed by atoms with E-state index in [0.717, 1.165) is 27.9 Å². The van der Waals surface area contributed by atoms with Gasteiger partial charge in [-0.2, -0.15) is 5.10 Å². The first-order valence-corrected chi connectivity index (χ1v) is 8.26. The van der Waals surface area contributed by atoms with E-state index >= 15 is 0 Å². The average molecular weight is 422 g/mol. The van der Waals surface area contributed by atoms with Crippen LogP contribution < -0.4 is 10.2 Å². The lowest BCUT2D eigenvalue weighted by atomic mass is 10.1. The lowest BCUT2D eigenvalue weighted by Crippen LogP contribution is -2.25. The molecule has 2 aromatic rings. The Morgan fingerprint density at radius 3 is 2.62 bits per heavy atom. The molecule has 9 heteroatoms. The van der Waals surface area contributed by atoms with Crippen LogP contribution >= 0.6 is 15.9 Å². The van der Waals surface area contributed by atoms with E-state index < -0.39 is 10.8 Å². The van der Waals surface area contributed by atoms with Gasteiger partial charge in [-0.1, -0.05) is 15.9 Å².